The topological polar surface area (TPSA) is 48.1 Å². The minimum absolute atomic E-state index is 0.380. The van der Waals surface area contributed by atoms with Crippen LogP contribution in [0.4, 0.5) is 5.82 Å². The van der Waals surface area contributed by atoms with Gasteiger partial charge in [-0.2, -0.15) is 0 Å². The molecule has 4 heteroatoms. The van der Waals surface area contributed by atoms with Gasteiger partial charge >= 0.3 is 0 Å². The van der Waals surface area contributed by atoms with Gasteiger partial charge in [-0.1, -0.05) is 11.6 Å². The number of nitrogen functional groups attached to an aromatic ring is 1. The fourth-order valence-corrected chi connectivity index (χ4v) is 2.03. The molecule has 0 unspecified atom stereocenters. The molecule has 0 amide bonds. The van der Waals surface area contributed by atoms with E-state index in [4.69, 9.17) is 22.1 Å². The minimum atomic E-state index is 0.380. The third kappa shape index (κ3) is 2.41. The number of rotatable bonds is 3. The van der Waals surface area contributed by atoms with E-state index in [0.29, 0.717) is 16.9 Å². The van der Waals surface area contributed by atoms with Crippen LogP contribution >= 0.6 is 11.6 Å². The van der Waals surface area contributed by atoms with Crippen molar-refractivity contribution < 1.29 is 4.74 Å². The van der Waals surface area contributed by atoms with Crippen LogP contribution in [0.5, 0.6) is 5.75 Å². The second kappa shape index (κ2) is 4.50. The molecule has 0 atom stereocenters. The first-order valence-corrected chi connectivity index (χ1v) is 6.28. The maximum absolute atomic E-state index is 6.27. The second-order valence-corrected chi connectivity index (χ2v) is 4.84. The summed E-state index contributed by atoms with van der Waals surface area (Å²) in [6, 6.07) is 9.42. The van der Waals surface area contributed by atoms with Gasteiger partial charge in [0.05, 0.1) is 11.1 Å². The molecule has 0 bridgehead atoms. The number of halogens is 1. The van der Waals surface area contributed by atoms with Crippen LogP contribution in [0.1, 0.15) is 12.8 Å². The van der Waals surface area contributed by atoms with Gasteiger partial charge in [0.1, 0.15) is 11.6 Å². The van der Waals surface area contributed by atoms with Gasteiger partial charge in [-0.15, -0.1) is 0 Å². The van der Waals surface area contributed by atoms with Crippen molar-refractivity contribution in [3.05, 3.63) is 41.6 Å². The van der Waals surface area contributed by atoms with Crippen molar-refractivity contribution in [2.24, 2.45) is 0 Å². The van der Waals surface area contributed by atoms with Crippen LogP contribution in [0, 0.1) is 0 Å². The monoisotopic (exact) mass is 260 g/mol. The number of aromatic nitrogens is 1. The van der Waals surface area contributed by atoms with Crippen molar-refractivity contribution in [3.63, 3.8) is 0 Å². The van der Waals surface area contributed by atoms with Crippen LogP contribution in [0.15, 0.2) is 36.5 Å². The Labute approximate surface area is 111 Å². The summed E-state index contributed by atoms with van der Waals surface area (Å²) in [7, 11) is 0. The zero-order valence-corrected chi connectivity index (χ0v) is 10.5. The number of hydrogen-bond donors (Lipinski definition) is 1. The lowest BCUT2D eigenvalue weighted by atomic mass is 10.1. The lowest BCUT2D eigenvalue weighted by Gasteiger charge is -2.08. The van der Waals surface area contributed by atoms with Gasteiger partial charge in [0.15, 0.2) is 0 Å². The number of hydrogen-bond acceptors (Lipinski definition) is 3. The Hall–Kier alpha value is -1.74. The molecule has 0 radical (unpaired) electrons. The van der Waals surface area contributed by atoms with Crippen molar-refractivity contribution in [3.8, 4) is 16.9 Å². The van der Waals surface area contributed by atoms with Crippen molar-refractivity contribution in [1.82, 2.24) is 4.98 Å². The summed E-state index contributed by atoms with van der Waals surface area (Å²) in [5.74, 6) is 1.33. The van der Waals surface area contributed by atoms with E-state index in [1.807, 2.05) is 24.3 Å². The molecule has 92 valence electrons. The molecular formula is C14H13ClN2O. The van der Waals surface area contributed by atoms with E-state index in [0.717, 1.165) is 29.7 Å². The van der Waals surface area contributed by atoms with Gasteiger partial charge in [-0.3, -0.25) is 0 Å². The Balaban J connectivity index is 1.89. The predicted molar refractivity (Wildman–Crippen MR) is 72.7 cm³/mol. The van der Waals surface area contributed by atoms with Gasteiger partial charge in [0.25, 0.3) is 0 Å². The van der Waals surface area contributed by atoms with E-state index in [2.05, 4.69) is 4.98 Å². The molecule has 1 saturated carbocycles. The van der Waals surface area contributed by atoms with E-state index in [9.17, 15) is 0 Å². The van der Waals surface area contributed by atoms with Gasteiger partial charge in [0.2, 0.25) is 0 Å². The SMILES string of the molecule is Nc1ccc(-c2ccc(OC3CC3)cc2Cl)cn1. The number of anilines is 1. The van der Waals surface area contributed by atoms with Crippen molar-refractivity contribution in [2.75, 3.05) is 5.73 Å². The quantitative estimate of drug-likeness (QED) is 0.918. The number of benzene rings is 1. The first-order chi connectivity index (χ1) is 8.72. The van der Waals surface area contributed by atoms with Crippen molar-refractivity contribution in [2.45, 2.75) is 18.9 Å². The molecule has 1 aromatic heterocycles. The van der Waals surface area contributed by atoms with E-state index in [1.165, 1.54) is 0 Å². The molecule has 1 fully saturated rings. The molecule has 1 aliphatic rings. The molecule has 1 heterocycles. The van der Waals surface area contributed by atoms with Gasteiger partial charge in [-0.05, 0) is 43.2 Å². The summed E-state index contributed by atoms with van der Waals surface area (Å²) in [6.07, 6.45) is 4.38. The summed E-state index contributed by atoms with van der Waals surface area (Å²) in [5, 5.41) is 0.666. The lowest BCUT2D eigenvalue weighted by Crippen LogP contribution is -1.95. The molecule has 0 spiro atoms. The summed E-state index contributed by atoms with van der Waals surface area (Å²) < 4.78 is 5.70. The van der Waals surface area contributed by atoms with E-state index >= 15 is 0 Å². The summed E-state index contributed by atoms with van der Waals surface area (Å²) in [6.45, 7) is 0. The number of nitrogens with two attached hydrogens (primary N) is 1. The fraction of sp³-hybridized carbons (Fsp3) is 0.214. The third-order valence-corrected chi connectivity index (χ3v) is 3.18. The van der Waals surface area contributed by atoms with Crippen LogP contribution in [-0.4, -0.2) is 11.1 Å². The molecular weight excluding hydrogens is 248 g/mol. The number of nitrogens with zero attached hydrogens (tertiary/aromatic N) is 1. The predicted octanol–water partition coefficient (Wildman–Crippen LogP) is 3.53. The standard InChI is InChI=1S/C14H13ClN2O/c15-13-7-11(18-10-2-3-10)4-5-12(13)9-1-6-14(16)17-8-9/h1,4-8,10H,2-3H2,(H2,16,17). The van der Waals surface area contributed by atoms with Gasteiger partial charge in [-0.25, -0.2) is 4.98 Å². The molecule has 1 aromatic carbocycles. The van der Waals surface area contributed by atoms with Gasteiger partial charge < -0.3 is 10.5 Å². The number of ether oxygens (including phenoxy) is 1. The second-order valence-electron chi connectivity index (χ2n) is 4.43. The van der Waals surface area contributed by atoms with Gasteiger partial charge in [0, 0.05) is 17.3 Å². The highest BCUT2D eigenvalue weighted by atomic mass is 35.5. The molecule has 3 nitrogen and oxygen atoms in total. The highest BCUT2D eigenvalue weighted by Crippen LogP contribution is 2.33. The normalized spacial score (nSPS) is 14.5. The van der Waals surface area contributed by atoms with Crippen molar-refractivity contribution in [1.29, 1.82) is 0 Å². The Morgan fingerprint density at radius 2 is 2.06 bits per heavy atom. The Bertz CT molecular complexity index is 565. The Morgan fingerprint density at radius 3 is 2.67 bits per heavy atom. The summed E-state index contributed by atoms with van der Waals surface area (Å²) in [4.78, 5) is 4.07. The van der Waals surface area contributed by atoms with Crippen LogP contribution < -0.4 is 10.5 Å². The maximum Gasteiger partial charge on any atom is 0.123 e. The smallest absolute Gasteiger partial charge is 0.123 e. The van der Waals surface area contributed by atoms with E-state index in [-0.39, 0.29) is 0 Å². The highest BCUT2D eigenvalue weighted by Gasteiger charge is 2.23. The molecule has 2 N–H and O–H groups in total. The summed E-state index contributed by atoms with van der Waals surface area (Å²) in [5.41, 5.74) is 7.45. The van der Waals surface area contributed by atoms with Crippen molar-refractivity contribution >= 4 is 17.4 Å². The first kappa shape index (κ1) is 11.4. The molecule has 3 rings (SSSR count). The van der Waals surface area contributed by atoms with Crippen LogP contribution in [0.25, 0.3) is 11.1 Å². The largest absolute Gasteiger partial charge is 0.490 e. The third-order valence-electron chi connectivity index (χ3n) is 2.87. The maximum atomic E-state index is 6.27. The number of pyridine rings is 1. The lowest BCUT2D eigenvalue weighted by molar-refractivity contribution is 0.303. The van der Waals surface area contributed by atoms with Crippen LogP contribution in [0.3, 0.4) is 0 Å². The zero-order valence-electron chi connectivity index (χ0n) is 9.77. The average molecular weight is 261 g/mol. The summed E-state index contributed by atoms with van der Waals surface area (Å²) >= 11 is 6.27. The average Bonchev–Trinajstić information content (AvgIpc) is 3.15. The molecule has 0 saturated heterocycles. The Morgan fingerprint density at radius 1 is 1.22 bits per heavy atom. The molecule has 2 aromatic rings. The minimum Gasteiger partial charge on any atom is -0.490 e. The molecule has 0 aliphatic heterocycles. The van der Waals surface area contributed by atoms with Crippen LogP contribution in [-0.2, 0) is 0 Å². The highest BCUT2D eigenvalue weighted by molar-refractivity contribution is 6.33. The molecule has 1 aliphatic carbocycles. The van der Waals surface area contributed by atoms with E-state index < -0.39 is 0 Å². The fourth-order valence-electron chi connectivity index (χ4n) is 1.75. The Kier molecular flexibility index (Phi) is 2.84. The van der Waals surface area contributed by atoms with E-state index in [1.54, 1.807) is 12.3 Å². The first-order valence-electron chi connectivity index (χ1n) is 5.90. The zero-order chi connectivity index (χ0) is 12.5. The van der Waals surface area contributed by atoms with Crippen LogP contribution in [0.2, 0.25) is 5.02 Å². The molecule has 18 heavy (non-hydrogen) atoms.